The van der Waals surface area contributed by atoms with Gasteiger partial charge in [-0.25, -0.2) is 0 Å². The number of ether oxygens (including phenoxy) is 1. The largest absolute Gasteiger partial charge is 0.546 e. The van der Waals surface area contributed by atoms with E-state index in [1.807, 2.05) is 12.1 Å². The summed E-state index contributed by atoms with van der Waals surface area (Å²) in [5.74, 6) is 0.933. The van der Waals surface area contributed by atoms with Crippen LogP contribution < -0.4 is 9.84 Å². The van der Waals surface area contributed by atoms with Crippen molar-refractivity contribution in [2.75, 3.05) is 12.4 Å². The number of nitriles is 1. The zero-order valence-electron chi connectivity index (χ0n) is 9.22. The zero-order valence-corrected chi connectivity index (χ0v) is 10.0. The maximum atomic E-state index is 10.2. The highest BCUT2D eigenvalue weighted by atomic mass is 32.2. The van der Waals surface area contributed by atoms with Gasteiger partial charge in [-0.05, 0) is 17.7 Å². The van der Waals surface area contributed by atoms with Gasteiger partial charge in [0.05, 0.1) is 12.0 Å². The van der Waals surface area contributed by atoms with Gasteiger partial charge in [-0.3, -0.25) is 0 Å². The summed E-state index contributed by atoms with van der Waals surface area (Å²) < 4.78 is 4.95. The monoisotopic (exact) mass is 250 g/mol. The number of thioether (sulfide) groups is 1. The van der Waals surface area contributed by atoms with Crippen LogP contribution >= 0.6 is 11.8 Å². The molecular formula is C12H12NO3S-. The molecule has 0 amide bonds. The van der Waals surface area contributed by atoms with E-state index in [1.165, 1.54) is 0 Å². The molecule has 0 heterocycles. The maximum Gasteiger partial charge on any atom is 0.128 e. The van der Waals surface area contributed by atoms with Crippen LogP contribution in [0.3, 0.4) is 0 Å². The third-order valence-electron chi connectivity index (χ3n) is 1.91. The molecule has 0 atom stereocenters. The second-order valence-corrected chi connectivity index (χ2v) is 4.37. The Morgan fingerprint density at radius 1 is 1.41 bits per heavy atom. The number of hydrogen-bond acceptors (Lipinski definition) is 5. The number of benzene rings is 1. The molecule has 0 spiro atoms. The van der Waals surface area contributed by atoms with Crippen molar-refractivity contribution in [1.29, 1.82) is 5.26 Å². The highest BCUT2D eigenvalue weighted by molar-refractivity contribution is 7.98. The molecule has 0 N–H and O–H groups in total. The van der Waals surface area contributed by atoms with Crippen LogP contribution in [0.25, 0.3) is 0 Å². The standard InChI is InChI=1S/C12H13NO3S/c13-6-1-7-17-9-10-2-4-11(5-3-10)16-8-12(14)15/h2-5H,1,7-9H2,(H,14,15)/p-1. The van der Waals surface area contributed by atoms with E-state index in [-0.39, 0.29) is 0 Å². The minimum Gasteiger partial charge on any atom is -0.546 e. The summed E-state index contributed by atoms with van der Waals surface area (Å²) in [6, 6.07) is 9.30. The summed E-state index contributed by atoms with van der Waals surface area (Å²) in [6.07, 6.45) is 0.553. The Labute approximate surface area is 104 Å². The van der Waals surface area contributed by atoms with Gasteiger partial charge in [0.2, 0.25) is 0 Å². The van der Waals surface area contributed by atoms with Gasteiger partial charge in [0.25, 0.3) is 0 Å². The molecule has 1 aromatic rings. The molecule has 0 unspecified atom stereocenters. The fraction of sp³-hybridized carbons (Fsp3) is 0.333. The Morgan fingerprint density at radius 2 is 2.12 bits per heavy atom. The van der Waals surface area contributed by atoms with Crippen molar-refractivity contribution in [2.24, 2.45) is 0 Å². The van der Waals surface area contributed by atoms with Gasteiger partial charge < -0.3 is 14.6 Å². The van der Waals surface area contributed by atoms with Gasteiger partial charge in [0, 0.05) is 17.9 Å². The number of nitrogens with zero attached hydrogens (tertiary/aromatic N) is 1. The summed E-state index contributed by atoms with van der Waals surface area (Å²) in [5, 5.41) is 18.5. The molecule has 17 heavy (non-hydrogen) atoms. The van der Waals surface area contributed by atoms with Crippen molar-refractivity contribution in [2.45, 2.75) is 12.2 Å². The molecule has 0 aliphatic heterocycles. The van der Waals surface area contributed by atoms with Gasteiger partial charge in [0.1, 0.15) is 12.4 Å². The van der Waals surface area contributed by atoms with Crippen LogP contribution in [0.2, 0.25) is 0 Å². The molecule has 0 aromatic heterocycles. The van der Waals surface area contributed by atoms with Crippen LogP contribution in [0.5, 0.6) is 5.75 Å². The summed E-state index contributed by atoms with van der Waals surface area (Å²) in [4.78, 5) is 10.2. The molecule has 4 nitrogen and oxygen atoms in total. The second kappa shape index (κ2) is 7.58. The van der Waals surface area contributed by atoms with Crippen molar-refractivity contribution in [3.8, 4) is 11.8 Å². The van der Waals surface area contributed by atoms with Crippen LogP contribution in [-0.4, -0.2) is 18.3 Å². The summed E-state index contributed by atoms with van der Waals surface area (Å²) in [6.45, 7) is -0.434. The average Bonchev–Trinajstić information content (AvgIpc) is 2.33. The van der Waals surface area contributed by atoms with Crippen LogP contribution in [-0.2, 0) is 10.5 Å². The predicted molar refractivity (Wildman–Crippen MR) is 63.3 cm³/mol. The van der Waals surface area contributed by atoms with E-state index in [9.17, 15) is 9.90 Å². The summed E-state index contributed by atoms with van der Waals surface area (Å²) >= 11 is 1.69. The topological polar surface area (TPSA) is 73.1 Å². The Bertz CT molecular complexity index is 397. The highest BCUT2D eigenvalue weighted by Crippen LogP contribution is 2.17. The number of rotatable bonds is 7. The smallest absolute Gasteiger partial charge is 0.128 e. The normalized spacial score (nSPS) is 9.59. The molecule has 0 aliphatic rings. The van der Waals surface area contributed by atoms with Gasteiger partial charge in [-0.1, -0.05) is 12.1 Å². The molecule has 0 saturated heterocycles. The SMILES string of the molecule is N#CCCSCc1ccc(OCC(=O)[O-])cc1. The first-order chi connectivity index (χ1) is 8.22. The van der Waals surface area contributed by atoms with Crippen LogP contribution in [0.4, 0.5) is 0 Å². The second-order valence-electron chi connectivity index (χ2n) is 3.27. The molecule has 0 aliphatic carbocycles. The highest BCUT2D eigenvalue weighted by Gasteiger charge is 1.96. The molecule has 1 rings (SSSR count). The number of aliphatic carboxylic acids is 1. The Morgan fingerprint density at radius 3 is 2.71 bits per heavy atom. The minimum absolute atomic E-state index is 0.434. The minimum atomic E-state index is -1.24. The number of carbonyl (C=O) groups is 1. The number of carboxylic acids is 1. The fourth-order valence-corrected chi connectivity index (χ4v) is 1.94. The van der Waals surface area contributed by atoms with E-state index in [2.05, 4.69) is 6.07 Å². The van der Waals surface area contributed by atoms with Crippen molar-refractivity contribution < 1.29 is 14.6 Å². The first-order valence-corrected chi connectivity index (χ1v) is 6.24. The molecule has 1 aromatic carbocycles. The molecule has 90 valence electrons. The lowest BCUT2D eigenvalue weighted by molar-refractivity contribution is -0.307. The van der Waals surface area contributed by atoms with Gasteiger partial charge in [0.15, 0.2) is 0 Å². The van der Waals surface area contributed by atoms with Gasteiger partial charge in [-0.2, -0.15) is 17.0 Å². The number of hydrogen-bond donors (Lipinski definition) is 0. The molecule has 0 bridgehead atoms. The third-order valence-corrected chi connectivity index (χ3v) is 2.94. The van der Waals surface area contributed by atoms with Gasteiger partial charge in [-0.15, -0.1) is 0 Å². The van der Waals surface area contributed by atoms with E-state index in [1.54, 1.807) is 23.9 Å². The van der Waals surface area contributed by atoms with E-state index < -0.39 is 12.6 Å². The van der Waals surface area contributed by atoms with E-state index >= 15 is 0 Å². The lowest BCUT2D eigenvalue weighted by atomic mass is 10.2. The molecular weight excluding hydrogens is 238 g/mol. The average molecular weight is 250 g/mol. The predicted octanol–water partition coefficient (Wildman–Crippen LogP) is 0.962. The van der Waals surface area contributed by atoms with Crippen LogP contribution in [0.15, 0.2) is 24.3 Å². The van der Waals surface area contributed by atoms with Crippen LogP contribution in [0, 0.1) is 11.3 Å². The maximum absolute atomic E-state index is 10.2. The third kappa shape index (κ3) is 5.83. The number of carbonyl (C=O) groups excluding carboxylic acids is 1. The van der Waals surface area contributed by atoms with Crippen molar-refractivity contribution in [1.82, 2.24) is 0 Å². The van der Waals surface area contributed by atoms with E-state index in [4.69, 9.17) is 10.00 Å². The Kier molecular flexibility index (Phi) is 5.97. The molecule has 0 fully saturated rings. The lowest BCUT2D eigenvalue weighted by Gasteiger charge is -2.07. The molecule has 5 heteroatoms. The first kappa shape index (κ1) is 13.4. The molecule has 0 saturated carbocycles. The van der Waals surface area contributed by atoms with Crippen molar-refractivity contribution in [3.63, 3.8) is 0 Å². The van der Waals surface area contributed by atoms with Crippen LogP contribution in [0.1, 0.15) is 12.0 Å². The lowest BCUT2D eigenvalue weighted by Crippen LogP contribution is -2.28. The van der Waals surface area contributed by atoms with Crippen molar-refractivity contribution >= 4 is 17.7 Å². The van der Waals surface area contributed by atoms with E-state index in [0.29, 0.717) is 12.2 Å². The quantitative estimate of drug-likeness (QED) is 0.674. The van der Waals surface area contributed by atoms with Gasteiger partial charge >= 0.3 is 0 Å². The molecule has 0 radical (unpaired) electrons. The fourth-order valence-electron chi connectivity index (χ4n) is 1.13. The Hall–Kier alpha value is -1.67. The Balaban J connectivity index is 2.34. The summed E-state index contributed by atoms with van der Waals surface area (Å²) in [5.41, 5.74) is 1.12. The number of carboxylic acid groups (broad SMARTS) is 1. The van der Waals surface area contributed by atoms with E-state index in [0.717, 1.165) is 17.1 Å². The zero-order chi connectivity index (χ0) is 12.5. The summed E-state index contributed by atoms with van der Waals surface area (Å²) in [7, 11) is 0. The first-order valence-electron chi connectivity index (χ1n) is 5.08. The van der Waals surface area contributed by atoms with Crippen molar-refractivity contribution in [3.05, 3.63) is 29.8 Å².